The molecule has 0 bridgehead atoms. The van der Waals surface area contributed by atoms with Gasteiger partial charge in [-0.1, -0.05) is 18.2 Å². The second kappa shape index (κ2) is 6.71. The van der Waals surface area contributed by atoms with Gasteiger partial charge in [0, 0.05) is 12.7 Å². The Balaban J connectivity index is 1.71. The lowest BCUT2D eigenvalue weighted by Gasteiger charge is -2.15. The van der Waals surface area contributed by atoms with Gasteiger partial charge in [0.2, 0.25) is 6.79 Å². The van der Waals surface area contributed by atoms with E-state index in [-0.39, 0.29) is 18.7 Å². The van der Waals surface area contributed by atoms with Crippen LogP contribution < -0.4 is 14.8 Å². The van der Waals surface area contributed by atoms with E-state index in [0.29, 0.717) is 17.9 Å². The fraction of sp³-hybridized carbons (Fsp3) is 0.278. The van der Waals surface area contributed by atoms with E-state index >= 15 is 0 Å². The monoisotopic (exact) mass is 313 g/mol. The fourth-order valence-corrected chi connectivity index (χ4v) is 2.51. The van der Waals surface area contributed by atoms with Crippen molar-refractivity contribution in [3.8, 4) is 11.5 Å². The number of amides is 1. The molecule has 1 N–H and O–H groups in total. The summed E-state index contributed by atoms with van der Waals surface area (Å²) in [5, 5.41) is 3.00. The first-order valence-electron chi connectivity index (χ1n) is 7.45. The van der Waals surface area contributed by atoms with E-state index in [4.69, 9.17) is 14.2 Å². The van der Waals surface area contributed by atoms with E-state index in [0.717, 1.165) is 16.9 Å². The second-order valence-corrected chi connectivity index (χ2v) is 5.44. The van der Waals surface area contributed by atoms with Gasteiger partial charge in [-0.05, 0) is 42.3 Å². The molecule has 0 fully saturated rings. The minimum absolute atomic E-state index is 0.117. The third-order valence-corrected chi connectivity index (χ3v) is 3.74. The lowest BCUT2D eigenvalue weighted by Crippen LogP contribution is -2.26. The molecule has 5 nitrogen and oxygen atoms in total. The molecule has 1 heterocycles. The first-order valence-corrected chi connectivity index (χ1v) is 7.45. The minimum Gasteiger partial charge on any atom is -0.454 e. The van der Waals surface area contributed by atoms with Gasteiger partial charge in [0.1, 0.15) is 0 Å². The molecule has 0 aliphatic carbocycles. The average Bonchev–Trinajstić information content (AvgIpc) is 3.03. The average molecular weight is 313 g/mol. The van der Waals surface area contributed by atoms with Gasteiger partial charge in [-0.15, -0.1) is 0 Å². The van der Waals surface area contributed by atoms with Crippen LogP contribution in [0.1, 0.15) is 34.5 Å². The number of ether oxygens (including phenoxy) is 3. The Morgan fingerprint density at radius 3 is 2.87 bits per heavy atom. The van der Waals surface area contributed by atoms with Crippen molar-refractivity contribution in [3.63, 3.8) is 0 Å². The number of hydrogen-bond acceptors (Lipinski definition) is 4. The van der Waals surface area contributed by atoms with Gasteiger partial charge in [0.05, 0.1) is 12.6 Å². The van der Waals surface area contributed by atoms with Crippen LogP contribution >= 0.6 is 0 Å². The van der Waals surface area contributed by atoms with Crippen molar-refractivity contribution < 1.29 is 19.0 Å². The van der Waals surface area contributed by atoms with E-state index in [1.165, 1.54) is 0 Å². The molecular weight excluding hydrogens is 294 g/mol. The number of hydrogen-bond donors (Lipinski definition) is 1. The zero-order valence-corrected chi connectivity index (χ0v) is 13.2. The maximum Gasteiger partial charge on any atom is 0.251 e. The summed E-state index contributed by atoms with van der Waals surface area (Å²) in [5.41, 5.74) is 2.55. The highest BCUT2D eigenvalue weighted by Crippen LogP contribution is 2.34. The van der Waals surface area contributed by atoms with E-state index in [9.17, 15) is 4.79 Å². The smallest absolute Gasteiger partial charge is 0.251 e. The number of nitrogens with one attached hydrogen (secondary N) is 1. The number of rotatable bonds is 5. The van der Waals surface area contributed by atoms with Gasteiger partial charge in [-0.25, -0.2) is 0 Å². The SMILES string of the molecule is COCc1cccc(C(=O)NC(C)c2ccc3c(c2)OCO3)c1. The summed E-state index contributed by atoms with van der Waals surface area (Å²) in [6, 6.07) is 13.0. The molecule has 0 saturated carbocycles. The summed E-state index contributed by atoms with van der Waals surface area (Å²) >= 11 is 0. The molecule has 0 aromatic heterocycles. The van der Waals surface area contributed by atoms with Crippen LogP contribution in [-0.4, -0.2) is 19.8 Å². The van der Waals surface area contributed by atoms with Crippen LogP contribution in [0.25, 0.3) is 0 Å². The molecule has 0 radical (unpaired) electrons. The van der Waals surface area contributed by atoms with Crippen molar-refractivity contribution in [2.75, 3.05) is 13.9 Å². The summed E-state index contributed by atoms with van der Waals surface area (Å²) in [6.45, 7) is 2.67. The highest BCUT2D eigenvalue weighted by Gasteiger charge is 2.17. The second-order valence-electron chi connectivity index (χ2n) is 5.44. The number of methoxy groups -OCH3 is 1. The lowest BCUT2D eigenvalue weighted by molar-refractivity contribution is 0.0939. The van der Waals surface area contributed by atoms with Gasteiger partial charge < -0.3 is 19.5 Å². The fourth-order valence-electron chi connectivity index (χ4n) is 2.51. The molecule has 1 unspecified atom stereocenters. The molecule has 23 heavy (non-hydrogen) atoms. The number of carbonyl (C=O) groups excluding carboxylic acids is 1. The third kappa shape index (κ3) is 3.46. The highest BCUT2D eigenvalue weighted by atomic mass is 16.7. The molecule has 0 spiro atoms. The summed E-state index contributed by atoms with van der Waals surface area (Å²) in [4.78, 5) is 12.4. The molecule has 2 aromatic carbocycles. The first kappa shape index (κ1) is 15.4. The maximum absolute atomic E-state index is 12.4. The quantitative estimate of drug-likeness (QED) is 0.922. The van der Waals surface area contributed by atoms with Crippen molar-refractivity contribution in [3.05, 3.63) is 59.2 Å². The molecule has 3 rings (SSSR count). The van der Waals surface area contributed by atoms with Crippen molar-refractivity contribution in [2.45, 2.75) is 19.6 Å². The van der Waals surface area contributed by atoms with Crippen LogP contribution in [-0.2, 0) is 11.3 Å². The lowest BCUT2D eigenvalue weighted by atomic mass is 10.1. The van der Waals surface area contributed by atoms with E-state index in [2.05, 4.69) is 5.32 Å². The Kier molecular flexibility index (Phi) is 4.48. The van der Waals surface area contributed by atoms with E-state index in [1.54, 1.807) is 13.2 Å². The van der Waals surface area contributed by atoms with Gasteiger partial charge >= 0.3 is 0 Å². The van der Waals surface area contributed by atoms with Gasteiger partial charge in [-0.2, -0.15) is 0 Å². The molecule has 1 amide bonds. The maximum atomic E-state index is 12.4. The molecule has 2 aromatic rings. The largest absolute Gasteiger partial charge is 0.454 e. The Morgan fingerprint density at radius 1 is 1.22 bits per heavy atom. The Bertz CT molecular complexity index is 714. The molecule has 120 valence electrons. The molecular formula is C18H19NO4. The Hall–Kier alpha value is -2.53. The Morgan fingerprint density at radius 2 is 2.04 bits per heavy atom. The van der Waals surface area contributed by atoms with Crippen LogP contribution in [0.4, 0.5) is 0 Å². The van der Waals surface area contributed by atoms with Crippen LogP contribution in [0.15, 0.2) is 42.5 Å². The minimum atomic E-state index is -0.136. The van der Waals surface area contributed by atoms with Crippen molar-refractivity contribution >= 4 is 5.91 Å². The van der Waals surface area contributed by atoms with E-state index < -0.39 is 0 Å². The summed E-state index contributed by atoms with van der Waals surface area (Å²) < 4.78 is 15.8. The van der Waals surface area contributed by atoms with Gasteiger partial charge in [0.15, 0.2) is 11.5 Å². The molecule has 1 atom stereocenters. The van der Waals surface area contributed by atoms with Crippen molar-refractivity contribution in [1.82, 2.24) is 5.32 Å². The zero-order valence-electron chi connectivity index (χ0n) is 13.2. The number of benzene rings is 2. The van der Waals surface area contributed by atoms with Crippen LogP contribution in [0.5, 0.6) is 11.5 Å². The first-order chi connectivity index (χ1) is 11.2. The molecule has 1 aliphatic rings. The number of fused-ring (bicyclic) bond motifs is 1. The topological polar surface area (TPSA) is 56.8 Å². The van der Waals surface area contributed by atoms with Crippen molar-refractivity contribution in [2.24, 2.45) is 0 Å². The van der Waals surface area contributed by atoms with Gasteiger partial charge in [-0.3, -0.25) is 4.79 Å². The molecule has 0 saturated heterocycles. The Labute approximate surface area is 135 Å². The van der Waals surface area contributed by atoms with Crippen molar-refractivity contribution in [1.29, 1.82) is 0 Å². The highest BCUT2D eigenvalue weighted by molar-refractivity contribution is 5.94. The predicted molar refractivity (Wildman–Crippen MR) is 85.6 cm³/mol. The molecule has 1 aliphatic heterocycles. The van der Waals surface area contributed by atoms with Crippen LogP contribution in [0.2, 0.25) is 0 Å². The zero-order chi connectivity index (χ0) is 16.2. The van der Waals surface area contributed by atoms with Gasteiger partial charge in [0.25, 0.3) is 5.91 Å². The predicted octanol–water partition coefficient (Wildman–Crippen LogP) is 3.05. The summed E-state index contributed by atoms with van der Waals surface area (Å²) in [5.74, 6) is 1.33. The molecule has 5 heteroatoms. The normalized spacial score (nSPS) is 13.7. The van der Waals surface area contributed by atoms with Crippen LogP contribution in [0, 0.1) is 0 Å². The van der Waals surface area contributed by atoms with E-state index in [1.807, 2.05) is 43.3 Å². The summed E-state index contributed by atoms with van der Waals surface area (Å²) in [7, 11) is 1.63. The number of carbonyl (C=O) groups is 1. The summed E-state index contributed by atoms with van der Waals surface area (Å²) in [6.07, 6.45) is 0. The third-order valence-electron chi connectivity index (χ3n) is 3.74. The van der Waals surface area contributed by atoms with Crippen LogP contribution in [0.3, 0.4) is 0 Å². The standard InChI is InChI=1S/C18H19NO4/c1-12(14-6-7-16-17(9-14)23-11-22-16)19-18(20)15-5-3-4-13(8-15)10-21-2/h3-9,12H,10-11H2,1-2H3,(H,19,20).